The molecule has 0 saturated heterocycles. The maximum absolute atomic E-state index is 12.3. The molecule has 0 radical (unpaired) electrons. The van der Waals surface area contributed by atoms with Crippen LogP contribution in [-0.4, -0.2) is 32.6 Å². The van der Waals surface area contributed by atoms with Crippen LogP contribution < -0.4 is 20.1 Å². The minimum atomic E-state index is -0.287. The van der Waals surface area contributed by atoms with Crippen molar-refractivity contribution in [1.29, 1.82) is 0 Å². The molecule has 2 aromatic rings. The first-order valence-electron chi connectivity index (χ1n) is 9.45. The smallest absolute Gasteiger partial charge is 0.251 e. The molecule has 0 aromatic heterocycles. The van der Waals surface area contributed by atoms with Crippen molar-refractivity contribution >= 4 is 17.5 Å². The van der Waals surface area contributed by atoms with Gasteiger partial charge in [0.15, 0.2) is 0 Å². The van der Waals surface area contributed by atoms with Gasteiger partial charge in [0.2, 0.25) is 5.91 Å². The van der Waals surface area contributed by atoms with Gasteiger partial charge >= 0.3 is 0 Å². The third-order valence-corrected chi connectivity index (χ3v) is 4.31. The van der Waals surface area contributed by atoms with E-state index in [0.29, 0.717) is 17.1 Å². The van der Waals surface area contributed by atoms with Crippen molar-refractivity contribution < 1.29 is 19.1 Å². The zero-order chi connectivity index (χ0) is 20.4. The number of carbonyl (C=O) groups is 2. The fraction of sp³-hybridized carbons (Fsp3) is 0.364. The Morgan fingerprint density at radius 1 is 0.964 bits per heavy atom. The van der Waals surface area contributed by atoms with E-state index in [9.17, 15) is 9.59 Å². The summed E-state index contributed by atoms with van der Waals surface area (Å²) in [4.78, 5) is 24.4. The molecule has 6 heteroatoms. The van der Waals surface area contributed by atoms with Crippen LogP contribution in [0.5, 0.6) is 11.5 Å². The molecule has 0 bridgehead atoms. The zero-order valence-corrected chi connectivity index (χ0v) is 16.7. The van der Waals surface area contributed by atoms with Crippen LogP contribution in [-0.2, 0) is 11.2 Å². The molecular formula is C22H28N2O4. The number of unbranched alkanes of at least 4 members (excludes halogenated alkanes) is 1. The van der Waals surface area contributed by atoms with Crippen LogP contribution in [0.2, 0.25) is 0 Å². The van der Waals surface area contributed by atoms with Crippen molar-refractivity contribution in [3.8, 4) is 11.5 Å². The quantitative estimate of drug-likeness (QED) is 0.653. The number of ether oxygens (including phenoxy) is 2. The monoisotopic (exact) mass is 384 g/mol. The van der Waals surface area contributed by atoms with E-state index in [-0.39, 0.29) is 24.8 Å². The number of rotatable bonds is 10. The van der Waals surface area contributed by atoms with E-state index in [0.717, 1.165) is 24.9 Å². The standard InChI is InChI=1S/C22H28N2O4/c1-4-5-6-16-7-9-18(10-8-16)24-21(25)11-12-23-22(26)17-13-19(27-2)15-20(14-17)28-3/h7-10,13-15H,4-6,11-12H2,1-3H3,(H,23,26)(H,24,25). The van der Waals surface area contributed by atoms with Gasteiger partial charge in [-0.05, 0) is 42.7 Å². The van der Waals surface area contributed by atoms with Crippen LogP contribution in [0.4, 0.5) is 5.69 Å². The van der Waals surface area contributed by atoms with Crippen molar-refractivity contribution in [2.24, 2.45) is 0 Å². The normalized spacial score (nSPS) is 10.2. The highest BCUT2D eigenvalue weighted by Gasteiger charge is 2.10. The van der Waals surface area contributed by atoms with Gasteiger partial charge in [0.25, 0.3) is 5.91 Å². The number of carbonyl (C=O) groups excluding carboxylic acids is 2. The number of benzene rings is 2. The summed E-state index contributed by atoms with van der Waals surface area (Å²) in [5.41, 5.74) is 2.44. The van der Waals surface area contributed by atoms with Crippen molar-refractivity contribution in [2.45, 2.75) is 32.6 Å². The number of aryl methyl sites for hydroxylation is 1. The highest BCUT2D eigenvalue weighted by Crippen LogP contribution is 2.22. The van der Waals surface area contributed by atoms with Crippen LogP contribution in [0.25, 0.3) is 0 Å². The van der Waals surface area contributed by atoms with Gasteiger partial charge in [0.05, 0.1) is 14.2 Å². The Kier molecular flexibility index (Phi) is 8.34. The molecule has 150 valence electrons. The zero-order valence-electron chi connectivity index (χ0n) is 16.7. The summed E-state index contributed by atoms with van der Waals surface area (Å²) in [6, 6.07) is 12.8. The summed E-state index contributed by atoms with van der Waals surface area (Å²) in [7, 11) is 3.05. The topological polar surface area (TPSA) is 76.7 Å². The molecule has 0 spiro atoms. The van der Waals surface area contributed by atoms with E-state index >= 15 is 0 Å². The second kappa shape index (κ2) is 11.0. The summed E-state index contributed by atoms with van der Waals surface area (Å²) in [6.07, 6.45) is 3.55. The molecule has 28 heavy (non-hydrogen) atoms. The van der Waals surface area contributed by atoms with Gasteiger partial charge in [-0.1, -0.05) is 25.5 Å². The minimum absolute atomic E-state index is 0.148. The van der Waals surface area contributed by atoms with Crippen molar-refractivity contribution in [1.82, 2.24) is 5.32 Å². The van der Waals surface area contributed by atoms with Gasteiger partial charge in [0.1, 0.15) is 11.5 Å². The Labute approximate surface area is 166 Å². The molecule has 0 fully saturated rings. The second-order valence-corrected chi connectivity index (χ2v) is 6.46. The predicted molar refractivity (Wildman–Crippen MR) is 110 cm³/mol. The number of anilines is 1. The molecular weight excluding hydrogens is 356 g/mol. The van der Waals surface area contributed by atoms with Crippen LogP contribution >= 0.6 is 0 Å². The molecule has 6 nitrogen and oxygen atoms in total. The molecule has 2 N–H and O–H groups in total. The van der Waals surface area contributed by atoms with Crippen molar-refractivity contribution in [3.05, 3.63) is 53.6 Å². The van der Waals surface area contributed by atoms with Crippen molar-refractivity contribution in [3.63, 3.8) is 0 Å². The van der Waals surface area contributed by atoms with Gasteiger partial charge in [-0.2, -0.15) is 0 Å². The molecule has 2 aromatic carbocycles. The summed E-state index contributed by atoms with van der Waals surface area (Å²) in [5.74, 6) is 0.629. The van der Waals surface area contributed by atoms with E-state index < -0.39 is 0 Å². The number of nitrogens with one attached hydrogen (secondary N) is 2. The predicted octanol–water partition coefficient (Wildman–Crippen LogP) is 3.81. The highest BCUT2D eigenvalue weighted by atomic mass is 16.5. The third-order valence-electron chi connectivity index (χ3n) is 4.31. The average Bonchev–Trinajstić information content (AvgIpc) is 2.72. The average molecular weight is 384 g/mol. The lowest BCUT2D eigenvalue weighted by Crippen LogP contribution is -2.27. The summed E-state index contributed by atoms with van der Waals surface area (Å²) < 4.78 is 10.3. The minimum Gasteiger partial charge on any atom is -0.497 e. The molecule has 0 heterocycles. The molecule has 0 aliphatic heterocycles. The fourth-order valence-corrected chi connectivity index (χ4v) is 2.69. The Morgan fingerprint density at radius 3 is 2.18 bits per heavy atom. The van der Waals surface area contributed by atoms with Gasteiger partial charge in [-0.25, -0.2) is 0 Å². The van der Waals surface area contributed by atoms with Gasteiger partial charge in [-0.15, -0.1) is 0 Å². The first-order chi connectivity index (χ1) is 13.5. The fourth-order valence-electron chi connectivity index (χ4n) is 2.69. The van der Waals surface area contributed by atoms with Crippen LogP contribution in [0.15, 0.2) is 42.5 Å². The number of methoxy groups -OCH3 is 2. The van der Waals surface area contributed by atoms with E-state index in [1.54, 1.807) is 18.2 Å². The summed E-state index contributed by atoms with van der Waals surface area (Å²) in [5, 5.41) is 5.58. The Morgan fingerprint density at radius 2 is 1.61 bits per heavy atom. The SMILES string of the molecule is CCCCc1ccc(NC(=O)CCNC(=O)c2cc(OC)cc(OC)c2)cc1. The Hall–Kier alpha value is -3.02. The molecule has 2 rings (SSSR count). The largest absolute Gasteiger partial charge is 0.497 e. The van der Waals surface area contributed by atoms with Crippen LogP contribution in [0.1, 0.15) is 42.1 Å². The van der Waals surface area contributed by atoms with E-state index in [2.05, 4.69) is 17.6 Å². The van der Waals surface area contributed by atoms with E-state index in [1.807, 2.05) is 24.3 Å². The van der Waals surface area contributed by atoms with Crippen LogP contribution in [0, 0.1) is 0 Å². The van der Waals surface area contributed by atoms with Crippen LogP contribution in [0.3, 0.4) is 0 Å². The molecule has 2 amide bonds. The summed E-state index contributed by atoms with van der Waals surface area (Å²) in [6.45, 7) is 2.40. The molecule has 0 unspecified atom stereocenters. The van der Waals surface area contributed by atoms with E-state index in [1.165, 1.54) is 19.8 Å². The van der Waals surface area contributed by atoms with Gasteiger partial charge in [0, 0.05) is 30.3 Å². The molecule has 0 saturated carbocycles. The Bertz CT molecular complexity index is 765. The van der Waals surface area contributed by atoms with Gasteiger partial charge < -0.3 is 20.1 Å². The lowest BCUT2D eigenvalue weighted by atomic mass is 10.1. The number of amides is 2. The first-order valence-corrected chi connectivity index (χ1v) is 9.45. The second-order valence-electron chi connectivity index (χ2n) is 6.46. The third kappa shape index (κ3) is 6.61. The highest BCUT2D eigenvalue weighted by molar-refractivity contribution is 5.96. The number of hydrogen-bond acceptors (Lipinski definition) is 4. The lowest BCUT2D eigenvalue weighted by molar-refractivity contribution is -0.116. The molecule has 0 atom stereocenters. The first kappa shape index (κ1) is 21.3. The summed E-state index contributed by atoms with van der Waals surface area (Å²) >= 11 is 0. The van der Waals surface area contributed by atoms with Gasteiger partial charge in [-0.3, -0.25) is 9.59 Å². The maximum Gasteiger partial charge on any atom is 0.251 e. The maximum atomic E-state index is 12.3. The lowest BCUT2D eigenvalue weighted by Gasteiger charge is -2.10. The number of hydrogen-bond donors (Lipinski definition) is 2. The molecule has 0 aliphatic carbocycles. The van der Waals surface area contributed by atoms with Crippen molar-refractivity contribution in [2.75, 3.05) is 26.1 Å². The molecule has 0 aliphatic rings. The Balaban J connectivity index is 1.81. The van der Waals surface area contributed by atoms with E-state index in [4.69, 9.17) is 9.47 Å².